The van der Waals surface area contributed by atoms with E-state index in [0.717, 1.165) is 76.0 Å². The van der Waals surface area contributed by atoms with E-state index in [4.69, 9.17) is 14.2 Å². The molecule has 0 radical (unpaired) electrons. The molecule has 290 valence electrons. The van der Waals surface area contributed by atoms with Crippen molar-refractivity contribution in [2.45, 2.75) is 233 Å². The highest BCUT2D eigenvalue weighted by atomic mass is 16.6. The number of carbonyl (C=O) groups excluding carboxylic acids is 3. The van der Waals surface area contributed by atoms with Gasteiger partial charge in [-0.2, -0.15) is 0 Å². The summed E-state index contributed by atoms with van der Waals surface area (Å²) in [6.45, 7) is 11.2. The number of unbranched alkanes of at least 4 members (excludes halogenated alkanes) is 22. The topological polar surface area (TPSA) is 78.9 Å². The Morgan fingerprint density at radius 3 is 1.00 bits per heavy atom. The van der Waals surface area contributed by atoms with Gasteiger partial charge in [0.1, 0.15) is 13.2 Å². The van der Waals surface area contributed by atoms with E-state index in [1.165, 1.54) is 109 Å². The summed E-state index contributed by atoms with van der Waals surface area (Å²) in [6.07, 6.45) is 32.7. The molecule has 0 saturated heterocycles. The number of esters is 3. The summed E-state index contributed by atoms with van der Waals surface area (Å²) in [5.41, 5.74) is 0. The molecule has 0 amide bonds. The van der Waals surface area contributed by atoms with E-state index in [0.29, 0.717) is 19.3 Å². The van der Waals surface area contributed by atoms with Gasteiger partial charge < -0.3 is 14.2 Å². The summed E-state index contributed by atoms with van der Waals surface area (Å²) in [5, 5.41) is 0. The molecular formula is C43H82O6. The van der Waals surface area contributed by atoms with Crippen LogP contribution in [0.4, 0.5) is 0 Å². The van der Waals surface area contributed by atoms with Gasteiger partial charge in [0.05, 0.1) is 0 Å². The first kappa shape index (κ1) is 47.4. The normalized spacial score (nSPS) is 12.1. The summed E-state index contributed by atoms with van der Waals surface area (Å²) in [7, 11) is 0. The van der Waals surface area contributed by atoms with Crippen molar-refractivity contribution in [2.75, 3.05) is 13.2 Å². The van der Waals surface area contributed by atoms with Crippen LogP contribution in [-0.2, 0) is 28.6 Å². The highest BCUT2D eigenvalue weighted by Gasteiger charge is 2.19. The highest BCUT2D eigenvalue weighted by molar-refractivity contribution is 5.71. The Morgan fingerprint density at radius 1 is 0.388 bits per heavy atom. The Bertz CT molecular complexity index is 749. The first-order valence-electron chi connectivity index (χ1n) is 21.2. The zero-order valence-corrected chi connectivity index (χ0v) is 33.3. The minimum absolute atomic E-state index is 0.0670. The fraction of sp³-hybridized carbons (Fsp3) is 0.930. The molecule has 0 N–H and O–H groups in total. The van der Waals surface area contributed by atoms with Crippen LogP contribution in [0.3, 0.4) is 0 Å². The van der Waals surface area contributed by atoms with Gasteiger partial charge in [-0.25, -0.2) is 0 Å². The van der Waals surface area contributed by atoms with Crippen molar-refractivity contribution in [3.05, 3.63) is 0 Å². The Labute approximate surface area is 304 Å². The number of rotatable bonds is 37. The van der Waals surface area contributed by atoms with Crippen molar-refractivity contribution >= 4 is 17.9 Å². The molecule has 0 unspecified atom stereocenters. The van der Waals surface area contributed by atoms with Crippen LogP contribution in [0.25, 0.3) is 0 Å². The van der Waals surface area contributed by atoms with Crippen LogP contribution in [0.2, 0.25) is 0 Å². The Kier molecular flexibility index (Phi) is 35.0. The Hall–Kier alpha value is -1.59. The molecule has 0 aliphatic carbocycles. The third-order valence-electron chi connectivity index (χ3n) is 9.47. The average Bonchev–Trinajstić information content (AvgIpc) is 3.06. The van der Waals surface area contributed by atoms with Crippen LogP contribution in [-0.4, -0.2) is 37.2 Å². The van der Waals surface area contributed by atoms with Crippen molar-refractivity contribution in [3.8, 4) is 0 Å². The number of hydrogen-bond acceptors (Lipinski definition) is 6. The first-order chi connectivity index (χ1) is 23.7. The van der Waals surface area contributed by atoms with E-state index in [-0.39, 0.29) is 31.1 Å². The molecule has 0 bridgehead atoms. The molecule has 0 rings (SSSR count). The molecule has 0 aromatic rings. The third-order valence-corrected chi connectivity index (χ3v) is 9.47. The van der Waals surface area contributed by atoms with Crippen molar-refractivity contribution in [2.24, 2.45) is 11.8 Å². The lowest BCUT2D eigenvalue weighted by Crippen LogP contribution is -2.30. The Morgan fingerprint density at radius 2 is 0.673 bits per heavy atom. The van der Waals surface area contributed by atoms with Crippen LogP contribution in [0, 0.1) is 11.8 Å². The van der Waals surface area contributed by atoms with Crippen LogP contribution in [0.5, 0.6) is 0 Å². The maximum atomic E-state index is 12.5. The standard InChI is InChI=1S/C43H82O6/c1-6-7-8-21-30-35-43(46)49-40(37-48-42(45)34-29-25-20-16-18-23-27-32-39(4)5)36-47-41(44)33-28-24-19-15-13-11-9-10-12-14-17-22-26-31-38(2)3/h38-40H,6-37H2,1-5H3/t40-/m0/s1. The second kappa shape index (κ2) is 36.2. The third kappa shape index (κ3) is 37.5. The zero-order valence-electron chi connectivity index (χ0n) is 33.3. The molecule has 0 heterocycles. The molecule has 0 saturated carbocycles. The van der Waals surface area contributed by atoms with Gasteiger partial charge in [-0.05, 0) is 31.1 Å². The van der Waals surface area contributed by atoms with Crippen LogP contribution in [0.1, 0.15) is 227 Å². The van der Waals surface area contributed by atoms with Crippen molar-refractivity contribution in [3.63, 3.8) is 0 Å². The summed E-state index contributed by atoms with van der Waals surface area (Å²) >= 11 is 0. The first-order valence-corrected chi connectivity index (χ1v) is 21.2. The second-order valence-corrected chi connectivity index (χ2v) is 15.6. The van der Waals surface area contributed by atoms with Crippen molar-refractivity contribution < 1.29 is 28.6 Å². The number of hydrogen-bond donors (Lipinski definition) is 0. The van der Waals surface area contributed by atoms with Gasteiger partial charge in [-0.15, -0.1) is 0 Å². The monoisotopic (exact) mass is 695 g/mol. The molecule has 0 aliphatic heterocycles. The Balaban J connectivity index is 4.14. The fourth-order valence-electron chi connectivity index (χ4n) is 6.22. The molecule has 0 spiro atoms. The minimum atomic E-state index is -0.758. The minimum Gasteiger partial charge on any atom is -0.462 e. The van der Waals surface area contributed by atoms with Gasteiger partial charge in [-0.1, -0.05) is 189 Å². The summed E-state index contributed by atoms with van der Waals surface area (Å²) < 4.78 is 16.5. The predicted octanol–water partition coefficient (Wildman–Crippen LogP) is 13.0. The maximum Gasteiger partial charge on any atom is 0.306 e. The van der Waals surface area contributed by atoms with Crippen molar-refractivity contribution in [1.29, 1.82) is 0 Å². The lowest BCUT2D eigenvalue weighted by molar-refractivity contribution is -0.167. The molecule has 6 heteroatoms. The smallest absolute Gasteiger partial charge is 0.306 e. The average molecular weight is 695 g/mol. The zero-order chi connectivity index (χ0) is 36.2. The lowest BCUT2D eigenvalue weighted by Gasteiger charge is -2.18. The van der Waals surface area contributed by atoms with E-state index >= 15 is 0 Å². The molecule has 49 heavy (non-hydrogen) atoms. The van der Waals surface area contributed by atoms with Gasteiger partial charge in [0.15, 0.2) is 6.10 Å². The highest BCUT2D eigenvalue weighted by Crippen LogP contribution is 2.16. The van der Waals surface area contributed by atoms with E-state index in [1.807, 2.05) is 0 Å². The van der Waals surface area contributed by atoms with Gasteiger partial charge in [-0.3, -0.25) is 14.4 Å². The van der Waals surface area contributed by atoms with Crippen molar-refractivity contribution in [1.82, 2.24) is 0 Å². The summed E-state index contributed by atoms with van der Waals surface area (Å²) in [5.74, 6) is 0.743. The van der Waals surface area contributed by atoms with E-state index in [2.05, 4.69) is 34.6 Å². The van der Waals surface area contributed by atoms with Gasteiger partial charge in [0, 0.05) is 19.3 Å². The van der Waals surface area contributed by atoms with Crippen LogP contribution in [0.15, 0.2) is 0 Å². The van der Waals surface area contributed by atoms with Gasteiger partial charge in [0.25, 0.3) is 0 Å². The second-order valence-electron chi connectivity index (χ2n) is 15.6. The SMILES string of the molecule is CCCCCCCC(=O)O[C@@H](COC(=O)CCCCCCCCCCCCCCCC(C)C)COC(=O)CCCCCCCCCC(C)C. The quantitative estimate of drug-likeness (QED) is 0.0366. The maximum absolute atomic E-state index is 12.5. The molecule has 0 aliphatic rings. The largest absolute Gasteiger partial charge is 0.462 e. The fourth-order valence-corrected chi connectivity index (χ4v) is 6.22. The number of carbonyl (C=O) groups is 3. The van der Waals surface area contributed by atoms with Crippen LogP contribution < -0.4 is 0 Å². The molecule has 6 nitrogen and oxygen atoms in total. The molecular weight excluding hydrogens is 612 g/mol. The van der Waals surface area contributed by atoms with E-state index < -0.39 is 6.10 Å². The lowest BCUT2D eigenvalue weighted by atomic mass is 10.0. The molecule has 0 fully saturated rings. The van der Waals surface area contributed by atoms with Gasteiger partial charge >= 0.3 is 17.9 Å². The van der Waals surface area contributed by atoms with Gasteiger partial charge in [0.2, 0.25) is 0 Å². The predicted molar refractivity (Wildman–Crippen MR) is 206 cm³/mol. The molecule has 0 aromatic carbocycles. The number of ether oxygens (including phenoxy) is 3. The van der Waals surface area contributed by atoms with E-state index in [9.17, 15) is 14.4 Å². The molecule has 0 aromatic heterocycles. The van der Waals surface area contributed by atoms with E-state index in [1.54, 1.807) is 0 Å². The van der Waals surface area contributed by atoms with Crippen LogP contribution >= 0.6 is 0 Å². The summed E-state index contributed by atoms with van der Waals surface area (Å²) in [6, 6.07) is 0. The molecule has 1 atom stereocenters. The summed E-state index contributed by atoms with van der Waals surface area (Å²) in [4.78, 5) is 37.3.